The van der Waals surface area contributed by atoms with Crippen molar-refractivity contribution in [2.24, 2.45) is 5.92 Å². The molecule has 3 rings (SSSR count). The molecule has 2 aromatic carbocycles. The Hall–Kier alpha value is -3.55. The van der Waals surface area contributed by atoms with Crippen LogP contribution in [-0.4, -0.2) is 35.7 Å². The maximum Gasteiger partial charge on any atom is 0.311 e. The van der Waals surface area contributed by atoms with Crippen molar-refractivity contribution in [1.29, 1.82) is 0 Å². The minimum absolute atomic E-state index is 0.0126. The monoisotopic (exact) mass is 368 g/mol. The van der Waals surface area contributed by atoms with Crippen LogP contribution in [0.5, 0.6) is 0 Å². The number of ketones is 1. The summed E-state index contributed by atoms with van der Waals surface area (Å²) in [6.07, 6.45) is 0.0126. The Kier molecular flexibility index (Phi) is 5.25. The number of hydrogen-bond acceptors (Lipinski definition) is 6. The quantitative estimate of drug-likeness (QED) is 0.335. The molecule has 2 aromatic rings. The van der Waals surface area contributed by atoms with E-state index in [1.807, 2.05) is 6.07 Å². The highest BCUT2D eigenvalue weighted by Gasteiger charge is 2.36. The van der Waals surface area contributed by atoms with Gasteiger partial charge in [-0.25, -0.2) is 0 Å². The van der Waals surface area contributed by atoms with Crippen molar-refractivity contribution in [2.45, 2.75) is 6.42 Å². The van der Waals surface area contributed by atoms with Crippen LogP contribution in [0.15, 0.2) is 54.6 Å². The first-order valence-electron chi connectivity index (χ1n) is 8.25. The number of esters is 1. The average molecular weight is 368 g/mol. The standard InChI is InChI=1S/C19H16N2O6/c22-17(13-5-4-8-16(9-13)21(25)26)12-27-19(24)14-10-18(23)20(11-14)15-6-2-1-3-7-15/h1-9,14H,10-12H2/t14-/m1/s1. The summed E-state index contributed by atoms with van der Waals surface area (Å²) < 4.78 is 5.04. The molecule has 1 atom stereocenters. The lowest BCUT2D eigenvalue weighted by molar-refractivity contribution is -0.384. The Morgan fingerprint density at radius 1 is 1.15 bits per heavy atom. The van der Waals surface area contributed by atoms with Gasteiger partial charge < -0.3 is 9.64 Å². The van der Waals surface area contributed by atoms with Crippen LogP contribution in [0.3, 0.4) is 0 Å². The lowest BCUT2D eigenvalue weighted by Crippen LogP contribution is -2.27. The fourth-order valence-electron chi connectivity index (χ4n) is 2.85. The van der Waals surface area contributed by atoms with E-state index in [1.54, 1.807) is 24.3 Å². The SMILES string of the molecule is O=C(COC(=O)[C@@H]1CC(=O)N(c2ccccc2)C1)c1cccc([N+](=O)[O-])c1. The number of benzene rings is 2. The van der Waals surface area contributed by atoms with Crippen LogP contribution in [0.1, 0.15) is 16.8 Å². The fourth-order valence-corrected chi connectivity index (χ4v) is 2.85. The van der Waals surface area contributed by atoms with E-state index < -0.39 is 29.2 Å². The van der Waals surface area contributed by atoms with Crippen molar-refractivity contribution in [3.05, 3.63) is 70.3 Å². The van der Waals surface area contributed by atoms with Crippen LogP contribution in [0.25, 0.3) is 0 Å². The summed E-state index contributed by atoms with van der Waals surface area (Å²) in [5.74, 6) is -2.03. The molecule has 1 aliphatic rings. The fraction of sp³-hybridized carbons (Fsp3) is 0.211. The maximum atomic E-state index is 12.2. The highest BCUT2D eigenvalue weighted by Crippen LogP contribution is 2.25. The molecule has 0 bridgehead atoms. The predicted molar refractivity (Wildman–Crippen MR) is 95.3 cm³/mol. The van der Waals surface area contributed by atoms with Gasteiger partial charge in [-0.15, -0.1) is 0 Å². The normalized spacial score (nSPS) is 16.2. The molecule has 1 fully saturated rings. The van der Waals surface area contributed by atoms with Crippen molar-refractivity contribution in [1.82, 2.24) is 0 Å². The second kappa shape index (κ2) is 7.77. The van der Waals surface area contributed by atoms with Crippen LogP contribution in [-0.2, 0) is 14.3 Å². The molecule has 0 N–H and O–H groups in total. The first-order valence-corrected chi connectivity index (χ1v) is 8.25. The van der Waals surface area contributed by atoms with Gasteiger partial charge in [0.1, 0.15) is 0 Å². The number of nitro groups is 1. The minimum Gasteiger partial charge on any atom is -0.457 e. The number of amides is 1. The Bertz CT molecular complexity index is 896. The number of nitro benzene ring substituents is 1. The number of carbonyl (C=O) groups excluding carboxylic acids is 3. The van der Waals surface area contributed by atoms with Crippen molar-refractivity contribution in [2.75, 3.05) is 18.1 Å². The maximum absolute atomic E-state index is 12.2. The van der Waals surface area contributed by atoms with Crippen molar-refractivity contribution < 1.29 is 24.0 Å². The summed E-state index contributed by atoms with van der Waals surface area (Å²) in [5, 5.41) is 10.8. The molecule has 8 heteroatoms. The summed E-state index contributed by atoms with van der Waals surface area (Å²) in [5.41, 5.74) is 0.572. The molecule has 0 radical (unpaired) electrons. The molecule has 0 unspecified atom stereocenters. The lowest BCUT2D eigenvalue weighted by Gasteiger charge is -2.16. The molecule has 1 aliphatic heterocycles. The van der Waals surface area contributed by atoms with Gasteiger partial charge in [0.05, 0.1) is 10.8 Å². The first-order chi connectivity index (χ1) is 13.0. The van der Waals surface area contributed by atoms with Gasteiger partial charge in [0.25, 0.3) is 5.69 Å². The van der Waals surface area contributed by atoms with Crippen LogP contribution < -0.4 is 4.90 Å². The number of anilines is 1. The molecule has 0 aliphatic carbocycles. The van der Waals surface area contributed by atoms with Crippen molar-refractivity contribution in [3.8, 4) is 0 Å². The number of non-ortho nitro benzene ring substituents is 1. The lowest BCUT2D eigenvalue weighted by atomic mass is 10.1. The van der Waals surface area contributed by atoms with E-state index >= 15 is 0 Å². The van der Waals surface area contributed by atoms with E-state index in [4.69, 9.17) is 4.74 Å². The predicted octanol–water partition coefficient (Wildman–Crippen LogP) is 2.37. The van der Waals surface area contributed by atoms with Crippen molar-refractivity contribution >= 4 is 29.0 Å². The van der Waals surface area contributed by atoms with Crippen LogP contribution in [0.4, 0.5) is 11.4 Å². The van der Waals surface area contributed by atoms with Crippen LogP contribution in [0.2, 0.25) is 0 Å². The Morgan fingerprint density at radius 2 is 1.89 bits per heavy atom. The molecule has 1 saturated heterocycles. The number of para-hydroxylation sites is 1. The average Bonchev–Trinajstić information content (AvgIpc) is 3.08. The third-order valence-electron chi connectivity index (χ3n) is 4.25. The third kappa shape index (κ3) is 4.17. The zero-order chi connectivity index (χ0) is 19.4. The largest absolute Gasteiger partial charge is 0.457 e. The Morgan fingerprint density at radius 3 is 2.59 bits per heavy atom. The summed E-state index contributed by atoms with van der Waals surface area (Å²) in [6, 6.07) is 14.2. The number of ether oxygens (including phenoxy) is 1. The van der Waals surface area contributed by atoms with Gasteiger partial charge in [0, 0.05) is 36.3 Å². The van der Waals surface area contributed by atoms with Crippen LogP contribution >= 0.6 is 0 Å². The number of nitrogens with zero attached hydrogens (tertiary/aromatic N) is 2. The van der Waals surface area contributed by atoms with Gasteiger partial charge >= 0.3 is 5.97 Å². The van der Waals surface area contributed by atoms with E-state index in [2.05, 4.69) is 0 Å². The summed E-state index contributed by atoms with van der Waals surface area (Å²) in [6.45, 7) is -0.345. The summed E-state index contributed by atoms with van der Waals surface area (Å²) in [4.78, 5) is 48.1. The number of hydrogen-bond donors (Lipinski definition) is 0. The van der Waals surface area contributed by atoms with E-state index in [0.717, 1.165) is 6.07 Å². The van der Waals surface area contributed by atoms with E-state index in [0.29, 0.717) is 5.69 Å². The van der Waals surface area contributed by atoms with Gasteiger partial charge in [-0.3, -0.25) is 24.5 Å². The van der Waals surface area contributed by atoms with Gasteiger partial charge in [-0.1, -0.05) is 30.3 Å². The first kappa shape index (κ1) is 18.2. The molecule has 0 aromatic heterocycles. The highest BCUT2D eigenvalue weighted by atomic mass is 16.6. The second-order valence-electron chi connectivity index (χ2n) is 6.08. The number of carbonyl (C=O) groups is 3. The van der Waals surface area contributed by atoms with E-state index in [-0.39, 0.29) is 30.1 Å². The minimum atomic E-state index is -0.657. The van der Waals surface area contributed by atoms with Gasteiger partial charge in [0.2, 0.25) is 11.7 Å². The topological polar surface area (TPSA) is 107 Å². The van der Waals surface area contributed by atoms with Crippen LogP contribution in [0, 0.1) is 16.0 Å². The second-order valence-corrected chi connectivity index (χ2v) is 6.08. The Balaban J connectivity index is 1.58. The van der Waals surface area contributed by atoms with Gasteiger partial charge in [-0.2, -0.15) is 0 Å². The van der Waals surface area contributed by atoms with Crippen molar-refractivity contribution in [3.63, 3.8) is 0 Å². The van der Waals surface area contributed by atoms with E-state index in [1.165, 1.54) is 23.1 Å². The molecule has 138 valence electrons. The molecule has 0 saturated carbocycles. The molecule has 1 heterocycles. The Labute approximate surface area is 154 Å². The molecule has 27 heavy (non-hydrogen) atoms. The highest BCUT2D eigenvalue weighted by molar-refractivity contribution is 6.01. The zero-order valence-electron chi connectivity index (χ0n) is 14.2. The number of rotatable bonds is 6. The molecular weight excluding hydrogens is 352 g/mol. The molecular formula is C19H16N2O6. The van der Waals surface area contributed by atoms with Gasteiger partial charge in [0.15, 0.2) is 6.61 Å². The summed E-state index contributed by atoms with van der Waals surface area (Å²) >= 11 is 0. The third-order valence-corrected chi connectivity index (χ3v) is 4.25. The number of Topliss-reactive ketones (excluding diaryl/α,β-unsaturated/α-hetero) is 1. The molecule has 1 amide bonds. The van der Waals surface area contributed by atoms with Gasteiger partial charge in [-0.05, 0) is 12.1 Å². The summed E-state index contributed by atoms with van der Waals surface area (Å²) in [7, 11) is 0. The molecule has 0 spiro atoms. The van der Waals surface area contributed by atoms with E-state index in [9.17, 15) is 24.5 Å². The smallest absolute Gasteiger partial charge is 0.311 e. The zero-order valence-corrected chi connectivity index (χ0v) is 14.2. The molecule has 8 nitrogen and oxygen atoms in total.